The van der Waals surface area contributed by atoms with E-state index >= 15 is 0 Å². The van der Waals surface area contributed by atoms with Crippen LogP contribution in [0.4, 0.5) is 0 Å². The summed E-state index contributed by atoms with van der Waals surface area (Å²) in [6, 6.07) is 23.5. The van der Waals surface area contributed by atoms with Crippen molar-refractivity contribution in [2.45, 2.75) is 6.54 Å². The van der Waals surface area contributed by atoms with E-state index in [1.165, 1.54) is 5.56 Å². The number of fused-ring (bicyclic) bond motifs is 2. The minimum atomic E-state index is 0.0281. The van der Waals surface area contributed by atoms with Crippen LogP contribution in [-0.2, 0) is 6.54 Å². The smallest absolute Gasteiger partial charge is 0.200 e. The molecule has 3 nitrogen and oxygen atoms in total. The summed E-state index contributed by atoms with van der Waals surface area (Å²) >= 11 is 0. The number of nitrogens with zero attached hydrogens (tertiary/aromatic N) is 1. The maximum absolute atomic E-state index is 12.8. The largest absolute Gasteiger partial charge is 0.456 e. The van der Waals surface area contributed by atoms with Gasteiger partial charge in [-0.15, -0.1) is 0 Å². The molecule has 0 aliphatic heterocycles. The summed E-state index contributed by atoms with van der Waals surface area (Å²) in [7, 11) is 2.07. The molecule has 0 N–H and O–H groups in total. The van der Waals surface area contributed by atoms with Gasteiger partial charge in [-0.25, -0.2) is 0 Å². The molecule has 0 atom stereocenters. The topological polar surface area (TPSA) is 33.5 Å². The van der Waals surface area contributed by atoms with Crippen LogP contribution in [0.2, 0.25) is 0 Å². The lowest BCUT2D eigenvalue weighted by molar-refractivity contribution is 0.364. The molecular weight excluding hydrogens is 334 g/mol. The van der Waals surface area contributed by atoms with Crippen molar-refractivity contribution in [3.05, 3.63) is 100 Å². The van der Waals surface area contributed by atoms with E-state index in [-0.39, 0.29) is 5.43 Å². The van der Waals surface area contributed by atoms with Crippen LogP contribution in [0.25, 0.3) is 28.0 Å². The molecule has 0 fully saturated rings. The van der Waals surface area contributed by atoms with Crippen LogP contribution in [0.15, 0.2) is 88.1 Å². The minimum absolute atomic E-state index is 0.0281. The van der Waals surface area contributed by atoms with E-state index in [4.69, 9.17) is 4.42 Å². The third kappa shape index (κ3) is 3.83. The van der Waals surface area contributed by atoms with E-state index in [9.17, 15) is 4.79 Å². The van der Waals surface area contributed by atoms with Crippen LogP contribution < -0.4 is 5.43 Å². The SMILES string of the molecule is CN(C/C=C/c1ccccc1)Cc1ccc2oc3ccccc3c(=O)c2c1. The van der Waals surface area contributed by atoms with Gasteiger partial charge in [-0.3, -0.25) is 9.69 Å². The number of benzene rings is 3. The molecule has 3 heteroatoms. The highest BCUT2D eigenvalue weighted by molar-refractivity contribution is 5.89. The molecule has 1 aromatic heterocycles. The number of hydrogen-bond donors (Lipinski definition) is 0. The Balaban J connectivity index is 1.53. The molecule has 0 saturated heterocycles. The molecule has 134 valence electrons. The number of hydrogen-bond acceptors (Lipinski definition) is 3. The lowest BCUT2D eigenvalue weighted by atomic mass is 10.1. The van der Waals surface area contributed by atoms with Crippen LogP contribution >= 0.6 is 0 Å². The Morgan fingerprint density at radius 3 is 2.48 bits per heavy atom. The van der Waals surface area contributed by atoms with E-state index in [2.05, 4.69) is 36.2 Å². The molecular formula is C24H21NO2. The van der Waals surface area contributed by atoms with Crippen molar-refractivity contribution in [1.29, 1.82) is 0 Å². The van der Waals surface area contributed by atoms with Gasteiger partial charge in [0.15, 0.2) is 0 Å². The van der Waals surface area contributed by atoms with Crippen LogP contribution in [0.3, 0.4) is 0 Å². The molecule has 1 heterocycles. The fourth-order valence-electron chi connectivity index (χ4n) is 3.26. The third-order valence-electron chi connectivity index (χ3n) is 4.62. The normalized spacial score (nSPS) is 11.8. The highest BCUT2D eigenvalue weighted by atomic mass is 16.3. The quantitative estimate of drug-likeness (QED) is 0.468. The van der Waals surface area contributed by atoms with E-state index < -0.39 is 0 Å². The lowest BCUT2D eigenvalue weighted by Crippen LogP contribution is -2.17. The Morgan fingerprint density at radius 1 is 0.889 bits per heavy atom. The predicted molar refractivity (Wildman–Crippen MR) is 112 cm³/mol. The van der Waals surface area contributed by atoms with Crippen molar-refractivity contribution in [3.63, 3.8) is 0 Å². The summed E-state index contributed by atoms with van der Waals surface area (Å²) in [6.45, 7) is 1.60. The highest BCUT2D eigenvalue weighted by Gasteiger charge is 2.08. The lowest BCUT2D eigenvalue weighted by Gasteiger charge is -2.14. The van der Waals surface area contributed by atoms with Crippen LogP contribution in [0.1, 0.15) is 11.1 Å². The fourth-order valence-corrected chi connectivity index (χ4v) is 3.26. The number of rotatable bonds is 5. The summed E-state index contributed by atoms with van der Waals surface area (Å²) in [6.07, 6.45) is 4.27. The Hall–Kier alpha value is -3.17. The maximum atomic E-state index is 12.8. The van der Waals surface area contributed by atoms with Gasteiger partial charge in [0.2, 0.25) is 5.43 Å². The van der Waals surface area contributed by atoms with Gasteiger partial charge in [0.25, 0.3) is 0 Å². The first-order valence-electron chi connectivity index (χ1n) is 9.05. The van der Waals surface area contributed by atoms with Gasteiger partial charge in [-0.1, -0.05) is 60.7 Å². The van der Waals surface area contributed by atoms with Gasteiger partial charge in [-0.2, -0.15) is 0 Å². The van der Waals surface area contributed by atoms with Gasteiger partial charge in [0, 0.05) is 13.1 Å². The molecule has 3 aromatic carbocycles. The number of likely N-dealkylation sites (N-methyl/N-ethyl adjacent to an activating group) is 1. The summed E-state index contributed by atoms with van der Waals surface area (Å²) in [5.74, 6) is 0. The first-order chi connectivity index (χ1) is 13.2. The second kappa shape index (κ2) is 7.60. The second-order valence-electron chi connectivity index (χ2n) is 6.77. The predicted octanol–water partition coefficient (Wildman–Crippen LogP) is 5.09. The van der Waals surface area contributed by atoms with E-state index in [0.717, 1.165) is 18.7 Å². The van der Waals surface area contributed by atoms with E-state index in [0.29, 0.717) is 21.9 Å². The molecule has 0 amide bonds. The zero-order valence-electron chi connectivity index (χ0n) is 15.3. The zero-order valence-corrected chi connectivity index (χ0v) is 15.3. The van der Waals surface area contributed by atoms with Gasteiger partial charge < -0.3 is 4.42 Å². The molecule has 4 aromatic rings. The Bertz CT molecular complexity index is 1160. The minimum Gasteiger partial charge on any atom is -0.456 e. The third-order valence-corrected chi connectivity index (χ3v) is 4.62. The Kier molecular flexibility index (Phi) is 4.86. The molecule has 0 unspecified atom stereocenters. The maximum Gasteiger partial charge on any atom is 0.200 e. The first kappa shape index (κ1) is 17.3. The summed E-state index contributed by atoms with van der Waals surface area (Å²) in [5, 5.41) is 1.26. The highest BCUT2D eigenvalue weighted by Crippen LogP contribution is 2.20. The van der Waals surface area contributed by atoms with Gasteiger partial charge >= 0.3 is 0 Å². The molecule has 27 heavy (non-hydrogen) atoms. The molecule has 0 spiro atoms. The van der Waals surface area contributed by atoms with E-state index in [1.807, 2.05) is 60.7 Å². The van der Waals surface area contributed by atoms with Crippen molar-refractivity contribution in [3.8, 4) is 0 Å². The summed E-state index contributed by atoms with van der Waals surface area (Å²) in [5.41, 5.74) is 3.59. The van der Waals surface area contributed by atoms with Gasteiger partial charge in [0.05, 0.1) is 10.8 Å². The Labute approximate surface area is 158 Å². The first-order valence-corrected chi connectivity index (χ1v) is 9.05. The molecule has 4 rings (SSSR count). The van der Waals surface area contributed by atoms with Crippen LogP contribution in [-0.4, -0.2) is 18.5 Å². The average Bonchev–Trinajstić information content (AvgIpc) is 2.69. The van der Waals surface area contributed by atoms with Crippen molar-refractivity contribution in [1.82, 2.24) is 4.90 Å². The van der Waals surface area contributed by atoms with Crippen LogP contribution in [0, 0.1) is 0 Å². The van der Waals surface area contributed by atoms with Crippen molar-refractivity contribution >= 4 is 28.0 Å². The summed E-state index contributed by atoms with van der Waals surface area (Å²) in [4.78, 5) is 15.0. The molecule has 0 saturated carbocycles. The van der Waals surface area contributed by atoms with Crippen molar-refractivity contribution in [2.24, 2.45) is 0 Å². The van der Waals surface area contributed by atoms with Crippen molar-refractivity contribution < 1.29 is 4.42 Å². The molecule has 0 aliphatic carbocycles. The van der Waals surface area contributed by atoms with E-state index in [1.54, 1.807) is 0 Å². The van der Waals surface area contributed by atoms with Crippen LogP contribution in [0.5, 0.6) is 0 Å². The standard InChI is InChI=1S/C24H21NO2/c1-25(15-7-10-18-8-3-2-4-9-18)17-19-13-14-23-21(16-19)24(26)20-11-5-6-12-22(20)27-23/h2-14,16H,15,17H2,1H3/b10-7+. The molecule has 0 bridgehead atoms. The number of para-hydroxylation sites is 1. The molecule has 0 aliphatic rings. The fraction of sp³-hybridized carbons (Fsp3) is 0.125. The average molecular weight is 355 g/mol. The monoisotopic (exact) mass is 355 g/mol. The Morgan fingerprint density at radius 2 is 1.63 bits per heavy atom. The van der Waals surface area contributed by atoms with Gasteiger partial charge in [0.1, 0.15) is 11.2 Å². The summed E-state index contributed by atoms with van der Waals surface area (Å²) < 4.78 is 5.88. The molecule has 0 radical (unpaired) electrons. The zero-order chi connectivity index (χ0) is 18.6. The second-order valence-corrected chi connectivity index (χ2v) is 6.77. The van der Waals surface area contributed by atoms with Crippen molar-refractivity contribution in [2.75, 3.05) is 13.6 Å². The van der Waals surface area contributed by atoms with Gasteiger partial charge in [-0.05, 0) is 42.4 Å².